The van der Waals surface area contributed by atoms with E-state index in [2.05, 4.69) is 10.3 Å². The third-order valence-electron chi connectivity index (χ3n) is 5.62. The minimum Gasteiger partial charge on any atom is -0.396 e. The van der Waals surface area contributed by atoms with E-state index in [-0.39, 0.29) is 11.9 Å². The number of aromatic nitrogens is 1. The van der Waals surface area contributed by atoms with Gasteiger partial charge in [-0.2, -0.15) is 0 Å². The molecular formula is C23H24ClN3O2. The zero-order valence-corrected chi connectivity index (χ0v) is 16.8. The highest BCUT2D eigenvalue weighted by Gasteiger charge is 2.26. The van der Waals surface area contributed by atoms with Crippen LogP contribution in [0.2, 0.25) is 5.02 Å². The number of hydrogen-bond donors (Lipinski definition) is 3. The molecule has 0 radical (unpaired) electrons. The Balaban J connectivity index is 1.71. The van der Waals surface area contributed by atoms with Crippen LogP contribution in [-0.4, -0.2) is 28.1 Å². The Hall–Kier alpha value is -2.63. The van der Waals surface area contributed by atoms with E-state index in [9.17, 15) is 9.90 Å². The molecule has 1 heterocycles. The van der Waals surface area contributed by atoms with Gasteiger partial charge >= 0.3 is 0 Å². The Kier molecular flexibility index (Phi) is 5.69. The lowest BCUT2D eigenvalue weighted by atomic mass is 9.92. The van der Waals surface area contributed by atoms with Crippen LogP contribution in [0.1, 0.15) is 47.2 Å². The summed E-state index contributed by atoms with van der Waals surface area (Å²) in [5, 5.41) is 14.8. The van der Waals surface area contributed by atoms with Crippen LogP contribution in [0.15, 0.2) is 48.7 Å². The molecule has 0 bridgehead atoms. The summed E-state index contributed by atoms with van der Waals surface area (Å²) in [5.41, 5.74) is 9.78. The highest BCUT2D eigenvalue weighted by Crippen LogP contribution is 2.29. The molecule has 1 aliphatic rings. The van der Waals surface area contributed by atoms with Gasteiger partial charge in [0.25, 0.3) is 5.91 Å². The van der Waals surface area contributed by atoms with E-state index in [1.165, 1.54) is 0 Å². The average molecular weight is 410 g/mol. The van der Waals surface area contributed by atoms with Gasteiger partial charge in [-0.3, -0.25) is 9.78 Å². The standard InChI is InChI=1S/C23H24ClN3O2/c24-16-9-7-14(8-10-16)12-15-13-18(21(25)22-17(15)4-3-11-26-22)23(29)27-19-5-1-2-6-20(19)28/h3-4,7-11,13,19-20,28H,1-2,5-6,12,25H2,(H,27,29)/t19-,20-/m0/s1. The molecule has 150 valence electrons. The summed E-state index contributed by atoms with van der Waals surface area (Å²) >= 11 is 6.00. The summed E-state index contributed by atoms with van der Waals surface area (Å²) in [6, 6.07) is 13.1. The number of pyridine rings is 1. The van der Waals surface area contributed by atoms with Gasteiger partial charge in [0, 0.05) is 16.6 Å². The van der Waals surface area contributed by atoms with Crippen molar-refractivity contribution in [3.63, 3.8) is 0 Å². The number of nitrogens with one attached hydrogen (secondary N) is 1. The van der Waals surface area contributed by atoms with Crippen molar-refractivity contribution in [2.45, 2.75) is 44.2 Å². The van der Waals surface area contributed by atoms with Crippen molar-refractivity contribution >= 4 is 34.1 Å². The van der Waals surface area contributed by atoms with E-state index >= 15 is 0 Å². The molecule has 0 unspecified atom stereocenters. The van der Waals surface area contributed by atoms with Gasteiger partial charge in [-0.05, 0) is 54.7 Å². The third kappa shape index (κ3) is 4.21. The van der Waals surface area contributed by atoms with E-state index in [1.54, 1.807) is 6.20 Å². The second-order valence-electron chi connectivity index (χ2n) is 7.63. The zero-order chi connectivity index (χ0) is 20.4. The molecule has 2 aromatic carbocycles. The Labute approximate surface area is 174 Å². The molecule has 0 spiro atoms. The first-order valence-electron chi connectivity index (χ1n) is 9.92. The van der Waals surface area contributed by atoms with Crippen LogP contribution in [0.5, 0.6) is 0 Å². The van der Waals surface area contributed by atoms with Crippen molar-refractivity contribution < 1.29 is 9.90 Å². The van der Waals surface area contributed by atoms with Crippen LogP contribution in [0.3, 0.4) is 0 Å². The van der Waals surface area contributed by atoms with Crippen LogP contribution in [0, 0.1) is 0 Å². The monoisotopic (exact) mass is 409 g/mol. The number of nitrogen functional groups attached to an aromatic ring is 1. The Morgan fingerprint density at radius 1 is 1.21 bits per heavy atom. The maximum Gasteiger partial charge on any atom is 0.253 e. The van der Waals surface area contributed by atoms with Crippen LogP contribution in [-0.2, 0) is 6.42 Å². The van der Waals surface area contributed by atoms with E-state index in [0.29, 0.717) is 34.6 Å². The number of aliphatic hydroxyl groups is 1. The Morgan fingerprint density at radius 3 is 2.72 bits per heavy atom. The summed E-state index contributed by atoms with van der Waals surface area (Å²) in [6.07, 6.45) is 5.27. The number of fused-ring (bicyclic) bond motifs is 1. The number of aliphatic hydroxyl groups excluding tert-OH is 1. The smallest absolute Gasteiger partial charge is 0.253 e. The predicted octanol–water partition coefficient (Wildman–Crippen LogP) is 4.09. The number of amides is 1. The Bertz CT molecular complexity index is 1040. The first kappa shape index (κ1) is 19.7. The molecule has 0 aliphatic heterocycles. The molecule has 1 saturated carbocycles. The van der Waals surface area contributed by atoms with E-state index in [0.717, 1.165) is 35.8 Å². The van der Waals surface area contributed by atoms with Gasteiger partial charge in [0.05, 0.1) is 28.9 Å². The number of anilines is 1. The maximum atomic E-state index is 13.0. The van der Waals surface area contributed by atoms with Crippen LogP contribution >= 0.6 is 11.6 Å². The molecule has 1 aromatic heterocycles. The molecule has 5 nitrogen and oxygen atoms in total. The summed E-state index contributed by atoms with van der Waals surface area (Å²) < 4.78 is 0. The van der Waals surface area contributed by atoms with Crippen molar-refractivity contribution in [2.24, 2.45) is 0 Å². The van der Waals surface area contributed by atoms with Crippen molar-refractivity contribution in [1.29, 1.82) is 0 Å². The number of nitrogens with two attached hydrogens (primary N) is 1. The number of nitrogens with zero attached hydrogens (tertiary/aromatic N) is 1. The first-order valence-corrected chi connectivity index (χ1v) is 10.3. The number of halogens is 1. The van der Waals surface area contributed by atoms with Crippen LogP contribution in [0.25, 0.3) is 10.9 Å². The highest BCUT2D eigenvalue weighted by atomic mass is 35.5. The lowest BCUT2D eigenvalue weighted by Crippen LogP contribution is -2.45. The highest BCUT2D eigenvalue weighted by molar-refractivity contribution is 6.30. The second-order valence-corrected chi connectivity index (χ2v) is 8.07. The molecule has 6 heteroatoms. The van der Waals surface area contributed by atoms with E-state index in [1.807, 2.05) is 42.5 Å². The summed E-state index contributed by atoms with van der Waals surface area (Å²) in [4.78, 5) is 17.5. The van der Waals surface area contributed by atoms with Crippen molar-refractivity contribution in [1.82, 2.24) is 10.3 Å². The van der Waals surface area contributed by atoms with Crippen molar-refractivity contribution in [3.05, 3.63) is 70.4 Å². The molecule has 1 aliphatic carbocycles. The van der Waals surface area contributed by atoms with Gasteiger partial charge in [-0.1, -0.05) is 42.6 Å². The fourth-order valence-corrected chi connectivity index (χ4v) is 4.14. The topological polar surface area (TPSA) is 88.2 Å². The zero-order valence-electron chi connectivity index (χ0n) is 16.1. The average Bonchev–Trinajstić information content (AvgIpc) is 2.73. The SMILES string of the molecule is Nc1c(C(=O)N[C@H]2CCCC[C@@H]2O)cc(Cc2ccc(Cl)cc2)c2cccnc12. The number of carbonyl (C=O) groups excluding carboxylic acids is 1. The van der Waals surface area contributed by atoms with Gasteiger partial charge in [-0.25, -0.2) is 0 Å². The molecule has 4 N–H and O–H groups in total. The van der Waals surface area contributed by atoms with Crippen molar-refractivity contribution in [2.75, 3.05) is 5.73 Å². The quantitative estimate of drug-likeness (QED) is 0.566. The maximum absolute atomic E-state index is 13.0. The minimum atomic E-state index is -0.513. The number of benzene rings is 2. The van der Waals surface area contributed by atoms with E-state index < -0.39 is 6.10 Å². The largest absolute Gasteiger partial charge is 0.396 e. The number of hydrogen-bond acceptors (Lipinski definition) is 4. The first-order chi connectivity index (χ1) is 14.0. The second kappa shape index (κ2) is 8.39. The molecular weight excluding hydrogens is 386 g/mol. The van der Waals surface area contributed by atoms with Crippen LogP contribution in [0.4, 0.5) is 5.69 Å². The molecule has 4 rings (SSSR count). The molecule has 0 saturated heterocycles. The minimum absolute atomic E-state index is 0.241. The molecule has 3 aromatic rings. The molecule has 1 fully saturated rings. The predicted molar refractivity (Wildman–Crippen MR) is 116 cm³/mol. The third-order valence-corrected chi connectivity index (χ3v) is 5.87. The van der Waals surface area contributed by atoms with Gasteiger partial charge in [-0.15, -0.1) is 0 Å². The molecule has 2 atom stereocenters. The lowest BCUT2D eigenvalue weighted by Gasteiger charge is -2.28. The van der Waals surface area contributed by atoms with Gasteiger partial charge in [0.15, 0.2) is 0 Å². The van der Waals surface area contributed by atoms with Crippen LogP contribution < -0.4 is 11.1 Å². The number of carbonyl (C=O) groups is 1. The summed E-state index contributed by atoms with van der Waals surface area (Å²) in [6.45, 7) is 0. The molecule has 1 amide bonds. The van der Waals surface area contributed by atoms with Gasteiger partial charge < -0.3 is 16.2 Å². The summed E-state index contributed by atoms with van der Waals surface area (Å²) in [7, 11) is 0. The number of rotatable bonds is 4. The Morgan fingerprint density at radius 2 is 1.97 bits per heavy atom. The fourth-order valence-electron chi connectivity index (χ4n) is 4.02. The van der Waals surface area contributed by atoms with E-state index in [4.69, 9.17) is 17.3 Å². The lowest BCUT2D eigenvalue weighted by molar-refractivity contribution is 0.0718. The van der Waals surface area contributed by atoms with Crippen molar-refractivity contribution in [3.8, 4) is 0 Å². The fraction of sp³-hybridized carbons (Fsp3) is 0.304. The molecule has 29 heavy (non-hydrogen) atoms. The van der Waals surface area contributed by atoms with Gasteiger partial charge in [0.2, 0.25) is 0 Å². The summed E-state index contributed by atoms with van der Waals surface area (Å²) in [5.74, 6) is -0.265. The van der Waals surface area contributed by atoms with Gasteiger partial charge in [0.1, 0.15) is 0 Å². The normalized spacial score (nSPS) is 19.2.